The summed E-state index contributed by atoms with van der Waals surface area (Å²) in [5, 5.41) is 23.3. The van der Waals surface area contributed by atoms with Gasteiger partial charge in [0.15, 0.2) is 0 Å². The van der Waals surface area contributed by atoms with Crippen molar-refractivity contribution in [3.05, 3.63) is 0 Å². The average molecular weight is 949 g/mol. The molecular formula is C61H121NO5. The van der Waals surface area contributed by atoms with Crippen LogP contribution in [0.1, 0.15) is 354 Å². The monoisotopic (exact) mass is 948 g/mol. The molecule has 0 aliphatic carbocycles. The summed E-state index contributed by atoms with van der Waals surface area (Å²) in [6.45, 7) is 4.98. The molecule has 1 amide bonds. The highest BCUT2D eigenvalue weighted by Gasteiger charge is 2.20. The summed E-state index contributed by atoms with van der Waals surface area (Å²) < 4.78 is 5.49. The van der Waals surface area contributed by atoms with Crippen LogP contribution >= 0.6 is 0 Å². The fourth-order valence-corrected chi connectivity index (χ4v) is 9.94. The highest BCUT2D eigenvalue weighted by Crippen LogP contribution is 2.18. The van der Waals surface area contributed by atoms with E-state index < -0.39 is 12.1 Å². The highest BCUT2D eigenvalue weighted by atomic mass is 16.5. The fourth-order valence-electron chi connectivity index (χ4n) is 9.94. The molecule has 0 saturated carbocycles. The minimum absolute atomic E-state index is 0.00742. The van der Waals surface area contributed by atoms with E-state index in [1.54, 1.807) is 0 Å². The van der Waals surface area contributed by atoms with Crippen LogP contribution in [0.3, 0.4) is 0 Å². The Bertz CT molecular complexity index is 959. The lowest BCUT2D eigenvalue weighted by Crippen LogP contribution is -2.45. The largest absolute Gasteiger partial charge is 0.466 e. The zero-order valence-electron chi connectivity index (χ0n) is 45.7. The van der Waals surface area contributed by atoms with Crippen LogP contribution in [-0.2, 0) is 14.3 Å². The molecule has 0 aliphatic rings. The molecule has 0 aliphatic heterocycles. The standard InChI is InChI=1S/C61H121NO5/c1-3-5-7-9-11-13-15-17-19-20-21-22-26-29-33-37-41-45-49-53-59(64)58(57-63)62-60(65)54-50-46-42-38-34-30-27-23-24-28-32-36-40-44-48-52-56-67-61(66)55-51-47-43-39-35-31-25-18-16-14-12-10-8-6-4-2/h58-59,63-64H,3-57H2,1-2H3,(H,62,65). The van der Waals surface area contributed by atoms with Crippen LogP contribution in [0.25, 0.3) is 0 Å². The number of amides is 1. The van der Waals surface area contributed by atoms with E-state index in [4.69, 9.17) is 4.74 Å². The Kier molecular flexibility index (Phi) is 56.5. The molecule has 0 spiro atoms. The second kappa shape index (κ2) is 57.4. The van der Waals surface area contributed by atoms with Crippen molar-refractivity contribution >= 4 is 11.9 Å². The maximum atomic E-state index is 12.5. The molecule has 2 unspecified atom stereocenters. The molecule has 0 saturated heterocycles. The zero-order valence-corrected chi connectivity index (χ0v) is 45.7. The van der Waals surface area contributed by atoms with E-state index in [0.717, 1.165) is 38.5 Å². The van der Waals surface area contributed by atoms with Gasteiger partial charge >= 0.3 is 5.97 Å². The molecule has 0 aromatic rings. The third-order valence-electron chi connectivity index (χ3n) is 14.7. The Morgan fingerprint density at radius 3 is 0.910 bits per heavy atom. The number of ether oxygens (including phenoxy) is 1. The third kappa shape index (κ3) is 54.0. The summed E-state index contributed by atoms with van der Waals surface area (Å²) in [4.78, 5) is 24.6. The first-order chi connectivity index (χ1) is 33.0. The zero-order chi connectivity index (χ0) is 48.6. The number of rotatable bonds is 58. The summed E-state index contributed by atoms with van der Waals surface area (Å²) >= 11 is 0. The predicted octanol–water partition coefficient (Wildman–Crippen LogP) is 19.1. The molecule has 400 valence electrons. The first kappa shape index (κ1) is 65.9. The van der Waals surface area contributed by atoms with E-state index in [0.29, 0.717) is 25.9 Å². The van der Waals surface area contributed by atoms with E-state index in [-0.39, 0.29) is 18.5 Å². The summed E-state index contributed by atoms with van der Waals surface area (Å²) in [5.41, 5.74) is 0. The Morgan fingerprint density at radius 2 is 0.612 bits per heavy atom. The average Bonchev–Trinajstić information content (AvgIpc) is 3.33. The van der Waals surface area contributed by atoms with E-state index in [2.05, 4.69) is 19.2 Å². The maximum Gasteiger partial charge on any atom is 0.305 e. The lowest BCUT2D eigenvalue weighted by atomic mass is 10.0. The second-order valence-corrected chi connectivity index (χ2v) is 21.4. The normalized spacial score (nSPS) is 12.5. The van der Waals surface area contributed by atoms with Crippen molar-refractivity contribution in [1.29, 1.82) is 0 Å². The van der Waals surface area contributed by atoms with Gasteiger partial charge in [0.05, 0.1) is 25.4 Å². The summed E-state index contributed by atoms with van der Waals surface area (Å²) in [7, 11) is 0. The van der Waals surface area contributed by atoms with Crippen LogP contribution in [0, 0.1) is 0 Å². The summed E-state index contributed by atoms with van der Waals surface area (Å²) in [6, 6.07) is -0.546. The first-order valence-corrected chi connectivity index (χ1v) is 30.8. The molecule has 0 bridgehead atoms. The van der Waals surface area contributed by atoms with E-state index in [1.807, 2.05) is 0 Å². The molecule has 2 atom stereocenters. The third-order valence-corrected chi connectivity index (χ3v) is 14.7. The van der Waals surface area contributed by atoms with E-state index in [9.17, 15) is 19.8 Å². The molecule has 0 fully saturated rings. The summed E-state index contributed by atoms with van der Waals surface area (Å²) in [5.74, 6) is -0.0300. The van der Waals surface area contributed by atoms with Gasteiger partial charge in [-0.05, 0) is 25.7 Å². The van der Waals surface area contributed by atoms with Gasteiger partial charge in [0.1, 0.15) is 0 Å². The van der Waals surface area contributed by atoms with Gasteiger partial charge in [-0.15, -0.1) is 0 Å². The fraction of sp³-hybridized carbons (Fsp3) is 0.967. The molecule has 3 N–H and O–H groups in total. The topological polar surface area (TPSA) is 95.9 Å². The second-order valence-electron chi connectivity index (χ2n) is 21.4. The van der Waals surface area contributed by atoms with Crippen LogP contribution in [-0.4, -0.2) is 47.4 Å². The first-order valence-electron chi connectivity index (χ1n) is 30.8. The lowest BCUT2D eigenvalue weighted by molar-refractivity contribution is -0.143. The Labute approximate surface area is 419 Å². The maximum absolute atomic E-state index is 12.5. The van der Waals surface area contributed by atoms with E-state index >= 15 is 0 Å². The van der Waals surface area contributed by atoms with Crippen LogP contribution in [0.5, 0.6) is 0 Å². The number of esters is 1. The highest BCUT2D eigenvalue weighted by molar-refractivity contribution is 5.76. The SMILES string of the molecule is CCCCCCCCCCCCCCCCCCCCCC(O)C(CO)NC(=O)CCCCCCCCCCCCCCCCCCOC(=O)CCCCCCCCCCCCCCCCC. The van der Waals surface area contributed by atoms with Gasteiger partial charge < -0.3 is 20.3 Å². The smallest absolute Gasteiger partial charge is 0.305 e. The number of aliphatic hydroxyl groups excluding tert-OH is 2. The van der Waals surface area contributed by atoms with Crippen molar-refractivity contribution < 1.29 is 24.5 Å². The summed E-state index contributed by atoms with van der Waals surface area (Å²) in [6.07, 6.45) is 66.7. The molecule has 0 rings (SSSR count). The van der Waals surface area contributed by atoms with Gasteiger partial charge in [-0.25, -0.2) is 0 Å². The number of hydrogen-bond donors (Lipinski definition) is 3. The molecular weight excluding hydrogens is 827 g/mol. The Morgan fingerprint density at radius 1 is 0.358 bits per heavy atom. The minimum Gasteiger partial charge on any atom is -0.466 e. The van der Waals surface area contributed by atoms with E-state index in [1.165, 1.54) is 283 Å². The number of carbonyl (C=O) groups is 2. The lowest BCUT2D eigenvalue weighted by Gasteiger charge is -2.22. The number of aliphatic hydroxyl groups is 2. The van der Waals surface area contributed by atoms with Gasteiger partial charge in [-0.2, -0.15) is 0 Å². The molecule has 0 heterocycles. The number of carbonyl (C=O) groups excluding carboxylic acids is 2. The van der Waals surface area contributed by atoms with Crippen molar-refractivity contribution in [3.8, 4) is 0 Å². The van der Waals surface area contributed by atoms with Gasteiger partial charge in [0, 0.05) is 12.8 Å². The van der Waals surface area contributed by atoms with Crippen molar-refractivity contribution in [2.45, 2.75) is 366 Å². The van der Waals surface area contributed by atoms with Crippen LogP contribution in [0.4, 0.5) is 0 Å². The van der Waals surface area contributed by atoms with Crippen LogP contribution in [0.2, 0.25) is 0 Å². The van der Waals surface area contributed by atoms with Gasteiger partial charge in [-0.3, -0.25) is 9.59 Å². The van der Waals surface area contributed by atoms with Gasteiger partial charge in [-0.1, -0.05) is 316 Å². The molecule has 6 nitrogen and oxygen atoms in total. The molecule has 0 aromatic heterocycles. The quantitative estimate of drug-likeness (QED) is 0.0417. The number of nitrogens with one attached hydrogen (secondary N) is 1. The Hall–Kier alpha value is -1.14. The van der Waals surface area contributed by atoms with Crippen molar-refractivity contribution in [2.75, 3.05) is 13.2 Å². The van der Waals surface area contributed by atoms with Crippen LogP contribution < -0.4 is 5.32 Å². The molecule has 0 radical (unpaired) electrons. The molecule has 0 aromatic carbocycles. The predicted molar refractivity (Wildman–Crippen MR) is 292 cm³/mol. The van der Waals surface area contributed by atoms with Crippen molar-refractivity contribution in [3.63, 3.8) is 0 Å². The minimum atomic E-state index is -0.668. The molecule has 67 heavy (non-hydrogen) atoms. The van der Waals surface area contributed by atoms with Gasteiger partial charge in [0.25, 0.3) is 0 Å². The number of hydrogen-bond acceptors (Lipinski definition) is 5. The van der Waals surface area contributed by atoms with Crippen molar-refractivity contribution in [1.82, 2.24) is 5.32 Å². The number of unbranched alkanes of at least 4 members (excludes halogenated alkanes) is 47. The van der Waals surface area contributed by atoms with Crippen LogP contribution in [0.15, 0.2) is 0 Å². The van der Waals surface area contributed by atoms with Gasteiger partial charge in [0.2, 0.25) is 5.91 Å². The Balaban J connectivity index is 3.40. The van der Waals surface area contributed by atoms with Crippen molar-refractivity contribution in [2.24, 2.45) is 0 Å². The molecule has 6 heteroatoms.